The molecule has 4 rings (SSSR count). The number of hydrogen-bond donors (Lipinski definition) is 0. The summed E-state index contributed by atoms with van der Waals surface area (Å²) >= 11 is 0. The lowest BCUT2D eigenvalue weighted by atomic mass is 10.0. The summed E-state index contributed by atoms with van der Waals surface area (Å²) in [7, 11) is 3.05. The number of amides is 1. The standard InChI is InChI=1S/C20H23N3O6/c1-11-8-15(12-5-7-28-10-12)29-19(25)16(11)18(24)23-6-4-14-13(9-23)17(20(26)27-3)21-22(14)2/h8,12H,4-7,9-10H2,1-3H3. The van der Waals surface area contributed by atoms with E-state index in [9.17, 15) is 14.4 Å². The van der Waals surface area contributed by atoms with Crippen molar-refractivity contribution in [1.82, 2.24) is 14.7 Å². The van der Waals surface area contributed by atoms with Crippen LogP contribution in [0.25, 0.3) is 0 Å². The first-order valence-electron chi connectivity index (χ1n) is 9.55. The number of rotatable bonds is 3. The third-order valence-electron chi connectivity index (χ3n) is 5.62. The Bertz CT molecular complexity index is 1030. The summed E-state index contributed by atoms with van der Waals surface area (Å²) < 4.78 is 17.3. The van der Waals surface area contributed by atoms with Gasteiger partial charge in [-0.25, -0.2) is 9.59 Å². The van der Waals surface area contributed by atoms with E-state index in [0.717, 1.165) is 12.1 Å². The van der Waals surface area contributed by atoms with Crippen LogP contribution in [0.3, 0.4) is 0 Å². The zero-order valence-corrected chi connectivity index (χ0v) is 16.7. The molecular formula is C20H23N3O6. The molecule has 0 aliphatic carbocycles. The monoisotopic (exact) mass is 401 g/mol. The van der Waals surface area contributed by atoms with Gasteiger partial charge in [0.15, 0.2) is 5.69 Å². The van der Waals surface area contributed by atoms with Gasteiger partial charge in [-0.2, -0.15) is 5.10 Å². The Morgan fingerprint density at radius 3 is 2.79 bits per heavy atom. The molecule has 2 aliphatic heterocycles. The van der Waals surface area contributed by atoms with Gasteiger partial charge in [0.25, 0.3) is 5.91 Å². The van der Waals surface area contributed by atoms with Crippen molar-refractivity contribution in [2.45, 2.75) is 32.2 Å². The van der Waals surface area contributed by atoms with E-state index in [1.54, 1.807) is 29.6 Å². The molecule has 154 valence electrons. The highest BCUT2D eigenvalue weighted by Gasteiger charge is 2.32. The Labute approximate surface area is 167 Å². The van der Waals surface area contributed by atoms with E-state index >= 15 is 0 Å². The van der Waals surface area contributed by atoms with Crippen molar-refractivity contribution in [1.29, 1.82) is 0 Å². The molecule has 0 radical (unpaired) electrons. The van der Waals surface area contributed by atoms with E-state index < -0.39 is 17.5 Å². The fourth-order valence-electron chi connectivity index (χ4n) is 4.03. The number of fused-ring (bicyclic) bond motifs is 1. The number of esters is 1. The molecule has 1 fully saturated rings. The minimum atomic E-state index is -0.637. The molecule has 0 N–H and O–H groups in total. The molecule has 2 aromatic rings. The van der Waals surface area contributed by atoms with Crippen LogP contribution in [0.5, 0.6) is 0 Å². The van der Waals surface area contributed by atoms with Gasteiger partial charge in [0.05, 0.1) is 20.3 Å². The fraction of sp³-hybridized carbons (Fsp3) is 0.500. The number of hydrogen-bond acceptors (Lipinski definition) is 7. The van der Waals surface area contributed by atoms with E-state index in [1.165, 1.54) is 7.11 Å². The van der Waals surface area contributed by atoms with Crippen LogP contribution in [0.2, 0.25) is 0 Å². The molecule has 2 aromatic heterocycles. The SMILES string of the molecule is COC(=O)c1nn(C)c2c1CN(C(=O)c1c(C)cc(C3CCOC3)oc1=O)CC2. The molecule has 0 spiro atoms. The zero-order chi connectivity index (χ0) is 20.7. The molecular weight excluding hydrogens is 378 g/mol. The van der Waals surface area contributed by atoms with Crippen LogP contribution in [-0.2, 0) is 29.5 Å². The Morgan fingerprint density at radius 2 is 2.14 bits per heavy atom. The highest BCUT2D eigenvalue weighted by molar-refractivity contribution is 5.95. The summed E-state index contributed by atoms with van der Waals surface area (Å²) in [6, 6.07) is 1.76. The van der Waals surface area contributed by atoms with Crippen LogP contribution in [0, 0.1) is 6.92 Å². The summed E-state index contributed by atoms with van der Waals surface area (Å²) in [6.07, 6.45) is 1.32. The van der Waals surface area contributed by atoms with Crippen molar-refractivity contribution >= 4 is 11.9 Å². The number of nitrogens with zero attached hydrogens (tertiary/aromatic N) is 3. The molecule has 0 aromatic carbocycles. The first kappa shape index (κ1) is 19.4. The Kier molecular flexibility index (Phi) is 4.99. The van der Waals surface area contributed by atoms with Gasteiger partial charge in [0.1, 0.15) is 11.3 Å². The van der Waals surface area contributed by atoms with Gasteiger partial charge in [-0.05, 0) is 25.0 Å². The zero-order valence-electron chi connectivity index (χ0n) is 16.7. The number of methoxy groups -OCH3 is 1. The quantitative estimate of drug-likeness (QED) is 0.711. The summed E-state index contributed by atoms with van der Waals surface area (Å²) in [5, 5.41) is 4.23. The first-order valence-corrected chi connectivity index (χ1v) is 9.55. The lowest BCUT2D eigenvalue weighted by Crippen LogP contribution is -2.39. The molecule has 9 heteroatoms. The molecule has 9 nitrogen and oxygen atoms in total. The van der Waals surface area contributed by atoms with Crippen molar-refractivity contribution in [2.75, 3.05) is 26.9 Å². The molecule has 1 amide bonds. The average Bonchev–Trinajstić information content (AvgIpc) is 3.35. The minimum Gasteiger partial charge on any atom is -0.464 e. The van der Waals surface area contributed by atoms with E-state index in [4.69, 9.17) is 13.9 Å². The number of ether oxygens (including phenoxy) is 2. The Balaban J connectivity index is 1.63. The second-order valence-corrected chi connectivity index (χ2v) is 7.42. The maximum atomic E-state index is 13.1. The van der Waals surface area contributed by atoms with E-state index in [2.05, 4.69) is 5.10 Å². The van der Waals surface area contributed by atoms with Crippen LogP contribution >= 0.6 is 0 Å². The molecule has 4 heterocycles. The molecule has 29 heavy (non-hydrogen) atoms. The smallest absolute Gasteiger partial charge is 0.358 e. The van der Waals surface area contributed by atoms with E-state index in [-0.39, 0.29) is 23.7 Å². The van der Waals surface area contributed by atoms with Crippen LogP contribution < -0.4 is 5.63 Å². The molecule has 1 saturated heterocycles. The number of carbonyl (C=O) groups is 2. The van der Waals surface area contributed by atoms with Crippen molar-refractivity contribution in [3.8, 4) is 0 Å². The Hall–Kier alpha value is -2.94. The highest BCUT2D eigenvalue weighted by Crippen LogP contribution is 2.27. The number of carbonyl (C=O) groups excluding carboxylic acids is 2. The van der Waals surface area contributed by atoms with Gasteiger partial charge in [-0.3, -0.25) is 9.48 Å². The molecule has 1 atom stereocenters. The van der Waals surface area contributed by atoms with Crippen LogP contribution in [0.1, 0.15) is 55.8 Å². The van der Waals surface area contributed by atoms with Crippen molar-refractivity contribution < 1.29 is 23.5 Å². The Morgan fingerprint density at radius 1 is 1.34 bits per heavy atom. The summed E-state index contributed by atoms with van der Waals surface area (Å²) in [4.78, 5) is 39.4. The largest absolute Gasteiger partial charge is 0.464 e. The van der Waals surface area contributed by atoms with Gasteiger partial charge in [0, 0.05) is 43.8 Å². The third kappa shape index (κ3) is 3.35. The highest BCUT2D eigenvalue weighted by atomic mass is 16.5. The molecule has 2 aliphatic rings. The summed E-state index contributed by atoms with van der Waals surface area (Å²) in [6.45, 7) is 3.50. The van der Waals surface area contributed by atoms with Crippen LogP contribution in [0.15, 0.2) is 15.3 Å². The summed E-state index contributed by atoms with van der Waals surface area (Å²) in [5.74, 6) is -0.352. The van der Waals surface area contributed by atoms with E-state index in [1.807, 2.05) is 0 Å². The third-order valence-corrected chi connectivity index (χ3v) is 5.62. The lowest BCUT2D eigenvalue weighted by molar-refractivity contribution is 0.0585. The van der Waals surface area contributed by atoms with Crippen LogP contribution in [0.4, 0.5) is 0 Å². The van der Waals surface area contributed by atoms with Crippen molar-refractivity contribution in [3.63, 3.8) is 0 Å². The molecule has 1 unspecified atom stereocenters. The maximum Gasteiger partial charge on any atom is 0.358 e. The van der Waals surface area contributed by atoms with Gasteiger partial charge in [0.2, 0.25) is 0 Å². The van der Waals surface area contributed by atoms with Crippen LogP contribution in [-0.4, -0.2) is 53.4 Å². The maximum absolute atomic E-state index is 13.1. The number of aryl methyl sites for hydroxylation is 2. The predicted octanol–water partition coefficient (Wildman–Crippen LogP) is 1.17. The fourth-order valence-corrected chi connectivity index (χ4v) is 4.03. The molecule has 0 bridgehead atoms. The van der Waals surface area contributed by atoms with E-state index in [0.29, 0.717) is 43.1 Å². The van der Waals surface area contributed by atoms with Crippen molar-refractivity contribution in [2.24, 2.45) is 7.05 Å². The lowest BCUT2D eigenvalue weighted by Gasteiger charge is -2.27. The second-order valence-electron chi connectivity index (χ2n) is 7.42. The van der Waals surface area contributed by atoms with Gasteiger partial charge >= 0.3 is 11.6 Å². The first-order chi connectivity index (χ1) is 13.9. The van der Waals surface area contributed by atoms with Gasteiger partial charge < -0.3 is 18.8 Å². The minimum absolute atomic E-state index is 0.0274. The topological polar surface area (TPSA) is 104 Å². The van der Waals surface area contributed by atoms with Crippen molar-refractivity contribution in [3.05, 3.63) is 50.3 Å². The normalized spacial score (nSPS) is 18.6. The predicted molar refractivity (Wildman–Crippen MR) is 101 cm³/mol. The summed E-state index contributed by atoms with van der Waals surface area (Å²) in [5.41, 5.74) is 1.71. The second kappa shape index (κ2) is 7.47. The van der Waals surface area contributed by atoms with Gasteiger partial charge in [-0.1, -0.05) is 0 Å². The average molecular weight is 401 g/mol. The number of aromatic nitrogens is 2. The molecule has 0 saturated carbocycles. The van der Waals surface area contributed by atoms with Gasteiger partial charge in [-0.15, -0.1) is 0 Å².